The van der Waals surface area contributed by atoms with Gasteiger partial charge in [0.15, 0.2) is 0 Å². The van der Waals surface area contributed by atoms with Gasteiger partial charge < -0.3 is 21.5 Å². The third kappa shape index (κ3) is 6.61. The van der Waals surface area contributed by atoms with E-state index in [9.17, 15) is 14.7 Å². The average Bonchev–Trinajstić information content (AvgIpc) is 2.72. The molecule has 156 valence electrons. The maximum Gasteiger partial charge on any atom is 0.242 e. The van der Waals surface area contributed by atoms with E-state index in [2.05, 4.69) is 22.8 Å². The molecule has 0 aliphatic heterocycles. The summed E-state index contributed by atoms with van der Waals surface area (Å²) in [5.74, 6) is -0.405. The molecule has 6 nitrogen and oxygen atoms in total. The summed E-state index contributed by atoms with van der Waals surface area (Å²) in [7, 11) is 0. The van der Waals surface area contributed by atoms with Crippen molar-refractivity contribution in [2.24, 2.45) is 5.73 Å². The molecule has 0 aliphatic rings. The van der Waals surface area contributed by atoms with Crippen molar-refractivity contribution in [2.75, 3.05) is 6.54 Å². The van der Waals surface area contributed by atoms with E-state index in [1.54, 1.807) is 19.9 Å². The van der Waals surface area contributed by atoms with Gasteiger partial charge in [-0.05, 0) is 62.3 Å². The van der Waals surface area contributed by atoms with Crippen molar-refractivity contribution in [1.29, 1.82) is 0 Å². The highest BCUT2D eigenvalue weighted by atomic mass is 16.3. The number of carbonyl (C=O) groups is 2. The van der Waals surface area contributed by atoms with Crippen LogP contribution in [-0.4, -0.2) is 35.5 Å². The normalized spacial score (nSPS) is 12.8. The number of nitrogens with two attached hydrogens (primary N) is 1. The van der Waals surface area contributed by atoms with Gasteiger partial charge in [-0.2, -0.15) is 0 Å². The Hall–Kier alpha value is -2.86. The summed E-state index contributed by atoms with van der Waals surface area (Å²) in [6.45, 7) is 5.80. The lowest BCUT2D eigenvalue weighted by Gasteiger charge is -2.18. The molecule has 0 spiro atoms. The summed E-state index contributed by atoms with van der Waals surface area (Å²) < 4.78 is 0. The first-order chi connectivity index (χ1) is 13.8. The van der Waals surface area contributed by atoms with Crippen LogP contribution in [0.1, 0.15) is 35.6 Å². The SMILES string of the molecule is Cc1ccc(C[C@H](N)C(=O)N[C@H](C)C(=O)NCCCc2ccccc2)c(C)c1O. The van der Waals surface area contributed by atoms with Gasteiger partial charge in [0.2, 0.25) is 11.8 Å². The van der Waals surface area contributed by atoms with E-state index in [0.29, 0.717) is 6.54 Å². The van der Waals surface area contributed by atoms with E-state index >= 15 is 0 Å². The smallest absolute Gasteiger partial charge is 0.242 e. The van der Waals surface area contributed by atoms with Gasteiger partial charge in [-0.3, -0.25) is 9.59 Å². The molecular weight excluding hydrogens is 366 g/mol. The molecule has 0 aromatic heterocycles. The van der Waals surface area contributed by atoms with E-state index in [-0.39, 0.29) is 18.1 Å². The third-order valence-electron chi connectivity index (χ3n) is 5.06. The molecule has 0 fully saturated rings. The van der Waals surface area contributed by atoms with Gasteiger partial charge in [-0.1, -0.05) is 42.5 Å². The maximum atomic E-state index is 12.4. The second-order valence-electron chi connectivity index (χ2n) is 7.44. The summed E-state index contributed by atoms with van der Waals surface area (Å²) >= 11 is 0. The molecule has 5 N–H and O–H groups in total. The molecule has 0 aliphatic carbocycles. The monoisotopic (exact) mass is 397 g/mol. The summed E-state index contributed by atoms with van der Waals surface area (Å²) in [4.78, 5) is 24.6. The van der Waals surface area contributed by atoms with Gasteiger partial charge in [0.1, 0.15) is 11.8 Å². The summed E-state index contributed by atoms with van der Waals surface area (Å²) in [6.07, 6.45) is 2.00. The van der Waals surface area contributed by atoms with Crippen molar-refractivity contribution in [1.82, 2.24) is 10.6 Å². The number of phenols is 1. The van der Waals surface area contributed by atoms with Crippen molar-refractivity contribution in [3.05, 3.63) is 64.7 Å². The van der Waals surface area contributed by atoms with Crippen molar-refractivity contribution in [3.8, 4) is 5.75 Å². The number of carbonyl (C=O) groups excluding carboxylic acids is 2. The van der Waals surface area contributed by atoms with Gasteiger partial charge in [-0.15, -0.1) is 0 Å². The Morgan fingerprint density at radius 1 is 1.07 bits per heavy atom. The fourth-order valence-electron chi connectivity index (χ4n) is 3.12. The average molecular weight is 398 g/mol. The molecule has 0 saturated carbocycles. The second-order valence-corrected chi connectivity index (χ2v) is 7.44. The molecule has 2 amide bonds. The van der Waals surface area contributed by atoms with Crippen molar-refractivity contribution < 1.29 is 14.7 Å². The molecule has 6 heteroatoms. The van der Waals surface area contributed by atoms with Gasteiger partial charge in [0, 0.05) is 6.54 Å². The summed E-state index contributed by atoms with van der Waals surface area (Å²) in [5, 5.41) is 15.5. The van der Waals surface area contributed by atoms with Crippen LogP contribution in [-0.2, 0) is 22.4 Å². The van der Waals surface area contributed by atoms with Gasteiger partial charge in [0.25, 0.3) is 0 Å². The van der Waals surface area contributed by atoms with E-state index in [0.717, 1.165) is 29.5 Å². The van der Waals surface area contributed by atoms with Crippen LogP contribution in [0.3, 0.4) is 0 Å². The van der Waals surface area contributed by atoms with E-state index in [1.807, 2.05) is 31.2 Å². The Morgan fingerprint density at radius 3 is 2.45 bits per heavy atom. The first kappa shape index (κ1) is 22.4. The Kier molecular flexibility index (Phi) is 8.21. The first-order valence-corrected chi connectivity index (χ1v) is 9.95. The van der Waals surface area contributed by atoms with Crippen molar-refractivity contribution >= 4 is 11.8 Å². The molecule has 2 aromatic rings. The molecule has 0 saturated heterocycles. The third-order valence-corrected chi connectivity index (χ3v) is 5.06. The topological polar surface area (TPSA) is 104 Å². The predicted octanol–water partition coefficient (Wildman–Crippen LogP) is 2.13. The Bertz CT molecular complexity index is 837. The lowest BCUT2D eigenvalue weighted by molar-refractivity contribution is -0.129. The number of rotatable bonds is 9. The standard InChI is InChI=1S/C23H31N3O3/c1-15-11-12-19(16(2)21(15)27)14-20(24)23(29)26-17(3)22(28)25-13-7-10-18-8-5-4-6-9-18/h4-6,8-9,11-12,17,20,27H,7,10,13-14,24H2,1-3H3,(H,25,28)(H,26,29)/t17-,20+/m1/s1. The largest absolute Gasteiger partial charge is 0.507 e. The van der Waals surface area contributed by atoms with Gasteiger partial charge in [0.05, 0.1) is 6.04 Å². The highest BCUT2D eigenvalue weighted by Gasteiger charge is 2.21. The number of amides is 2. The number of benzene rings is 2. The molecule has 0 unspecified atom stereocenters. The lowest BCUT2D eigenvalue weighted by Crippen LogP contribution is -2.51. The number of aryl methyl sites for hydroxylation is 2. The van der Waals surface area contributed by atoms with Crippen LogP contribution in [0.15, 0.2) is 42.5 Å². The van der Waals surface area contributed by atoms with Crippen LogP contribution < -0.4 is 16.4 Å². The zero-order chi connectivity index (χ0) is 21.4. The Balaban J connectivity index is 1.76. The summed E-state index contributed by atoms with van der Waals surface area (Å²) in [5.41, 5.74) is 9.56. The minimum atomic E-state index is -0.802. The second kappa shape index (κ2) is 10.6. The van der Waals surface area contributed by atoms with Crippen LogP contribution >= 0.6 is 0 Å². The zero-order valence-electron chi connectivity index (χ0n) is 17.4. The molecule has 29 heavy (non-hydrogen) atoms. The summed E-state index contributed by atoms with van der Waals surface area (Å²) in [6, 6.07) is 12.3. The van der Waals surface area contributed by atoms with Crippen molar-refractivity contribution in [3.63, 3.8) is 0 Å². The molecule has 2 aromatic carbocycles. The van der Waals surface area contributed by atoms with Gasteiger partial charge >= 0.3 is 0 Å². The minimum Gasteiger partial charge on any atom is -0.507 e. The van der Waals surface area contributed by atoms with Crippen LogP contribution in [0.2, 0.25) is 0 Å². The Morgan fingerprint density at radius 2 is 1.76 bits per heavy atom. The maximum absolute atomic E-state index is 12.4. The number of nitrogens with one attached hydrogen (secondary N) is 2. The molecule has 2 rings (SSSR count). The predicted molar refractivity (Wildman–Crippen MR) is 115 cm³/mol. The zero-order valence-corrected chi connectivity index (χ0v) is 17.4. The molecule has 0 radical (unpaired) electrons. The number of aromatic hydroxyl groups is 1. The van der Waals surface area contributed by atoms with Crippen LogP contribution in [0.5, 0.6) is 5.75 Å². The van der Waals surface area contributed by atoms with E-state index < -0.39 is 18.0 Å². The highest BCUT2D eigenvalue weighted by Crippen LogP contribution is 2.25. The van der Waals surface area contributed by atoms with Crippen LogP contribution in [0.25, 0.3) is 0 Å². The lowest BCUT2D eigenvalue weighted by atomic mass is 9.98. The fourth-order valence-corrected chi connectivity index (χ4v) is 3.12. The highest BCUT2D eigenvalue weighted by molar-refractivity contribution is 5.89. The fraction of sp³-hybridized carbons (Fsp3) is 0.391. The van der Waals surface area contributed by atoms with Gasteiger partial charge in [-0.25, -0.2) is 0 Å². The number of hydrogen-bond donors (Lipinski definition) is 4. The minimum absolute atomic E-state index is 0.221. The van der Waals surface area contributed by atoms with Crippen molar-refractivity contribution in [2.45, 2.75) is 52.1 Å². The van der Waals surface area contributed by atoms with Crippen LogP contribution in [0.4, 0.5) is 0 Å². The van der Waals surface area contributed by atoms with E-state index in [1.165, 1.54) is 5.56 Å². The molecule has 0 heterocycles. The molecule has 0 bridgehead atoms. The first-order valence-electron chi connectivity index (χ1n) is 9.95. The molecular formula is C23H31N3O3. The number of hydrogen-bond acceptors (Lipinski definition) is 4. The number of phenolic OH excluding ortho intramolecular Hbond substituents is 1. The molecule has 2 atom stereocenters. The van der Waals surface area contributed by atoms with Crippen LogP contribution in [0, 0.1) is 13.8 Å². The quantitative estimate of drug-likeness (QED) is 0.487. The van der Waals surface area contributed by atoms with E-state index in [4.69, 9.17) is 5.73 Å². The Labute approximate surface area is 172 Å².